The van der Waals surface area contributed by atoms with Gasteiger partial charge in [-0.15, -0.1) is 0 Å². The quantitative estimate of drug-likeness (QED) is 0.349. The maximum Gasteiger partial charge on any atom is 0.162 e. The van der Waals surface area contributed by atoms with E-state index in [1.54, 1.807) is 0 Å². The van der Waals surface area contributed by atoms with E-state index in [9.17, 15) is 4.79 Å². The second-order valence-electron chi connectivity index (χ2n) is 9.46. The van der Waals surface area contributed by atoms with Crippen molar-refractivity contribution < 1.29 is 4.79 Å². The number of rotatable bonds is 10. The summed E-state index contributed by atoms with van der Waals surface area (Å²) in [6.07, 6.45) is 18.2. The average molecular weight is 435 g/mol. The van der Waals surface area contributed by atoms with E-state index >= 15 is 0 Å². The molecule has 1 fully saturated rings. The summed E-state index contributed by atoms with van der Waals surface area (Å²) in [5.74, 6) is 1.12. The Labute approximate surface area is 195 Å². The molecule has 0 radical (unpaired) electrons. The summed E-state index contributed by atoms with van der Waals surface area (Å²) >= 11 is 0. The van der Waals surface area contributed by atoms with Crippen LogP contribution in [0, 0.1) is 5.92 Å². The van der Waals surface area contributed by atoms with Gasteiger partial charge in [0.1, 0.15) is 0 Å². The molecule has 0 amide bonds. The van der Waals surface area contributed by atoms with E-state index in [1.165, 1.54) is 48.8 Å². The first-order valence-electron chi connectivity index (χ1n) is 12.7. The van der Waals surface area contributed by atoms with Gasteiger partial charge in [0.25, 0.3) is 0 Å². The van der Waals surface area contributed by atoms with E-state index in [0.29, 0.717) is 12.2 Å². The highest BCUT2D eigenvalue weighted by Crippen LogP contribution is 2.23. The minimum atomic E-state index is 0.319. The smallest absolute Gasteiger partial charge is 0.162 e. The highest BCUT2D eigenvalue weighted by atomic mass is 16.1. The molecule has 0 aromatic heterocycles. The number of fused-ring (bicyclic) bond motifs is 1. The second kappa shape index (κ2) is 13.5. The second-order valence-corrected chi connectivity index (χ2v) is 9.46. The zero-order valence-electron chi connectivity index (χ0n) is 20.1. The van der Waals surface area contributed by atoms with Crippen LogP contribution in [0.4, 0.5) is 0 Å². The molecule has 1 saturated heterocycles. The highest BCUT2D eigenvalue weighted by molar-refractivity contribution is 5.96. The number of piperidine rings is 1. The van der Waals surface area contributed by atoms with Crippen molar-refractivity contribution in [1.82, 2.24) is 10.2 Å². The fraction of sp³-hybridized carbons (Fsp3) is 0.552. The van der Waals surface area contributed by atoms with Gasteiger partial charge in [-0.25, -0.2) is 0 Å². The molecule has 3 nitrogen and oxygen atoms in total. The highest BCUT2D eigenvalue weighted by Gasteiger charge is 2.17. The maximum absolute atomic E-state index is 12.9. The molecule has 2 heterocycles. The van der Waals surface area contributed by atoms with Crippen molar-refractivity contribution in [3.63, 3.8) is 0 Å². The van der Waals surface area contributed by atoms with Gasteiger partial charge in [-0.2, -0.15) is 0 Å². The Hall–Kier alpha value is -1.97. The van der Waals surface area contributed by atoms with Gasteiger partial charge in [0, 0.05) is 25.1 Å². The van der Waals surface area contributed by atoms with Crippen molar-refractivity contribution in [3.05, 3.63) is 71.3 Å². The Kier molecular flexibility index (Phi) is 10.4. The van der Waals surface area contributed by atoms with Gasteiger partial charge in [-0.1, -0.05) is 55.5 Å². The molecular weight excluding hydrogens is 392 g/mol. The van der Waals surface area contributed by atoms with Gasteiger partial charge in [0.2, 0.25) is 0 Å². The number of carbonyl (C=O) groups excluding carboxylic acids is 1. The number of ketones is 1. The van der Waals surface area contributed by atoms with Crippen molar-refractivity contribution in [2.75, 3.05) is 26.2 Å². The molecule has 2 aliphatic rings. The molecule has 32 heavy (non-hydrogen) atoms. The van der Waals surface area contributed by atoms with E-state index < -0.39 is 0 Å². The molecule has 3 rings (SSSR count). The summed E-state index contributed by atoms with van der Waals surface area (Å²) in [5, 5.41) is 3.43. The van der Waals surface area contributed by atoms with Crippen molar-refractivity contribution in [1.29, 1.82) is 0 Å². The third-order valence-corrected chi connectivity index (χ3v) is 7.03. The summed E-state index contributed by atoms with van der Waals surface area (Å²) in [6, 6.07) is 6.50. The van der Waals surface area contributed by atoms with Crippen LogP contribution in [0.3, 0.4) is 0 Å². The lowest BCUT2D eigenvalue weighted by Crippen LogP contribution is -2.28. The van der Waals surface area contributed by atoms with Crippen LogP contribution < -0.4 is 5.32 Å². The monoisotopic (exact) mass is 434 g/mol. The number of benzene rings is 1. The van der Waals surface area contributed by atoms with Gasteiger partial charge >= 0.3 is 0 Å². The summed E-state index contributed by atoms with van der Waals surface area (Å²) < 4.78 is 0. The molecule has 1 aromatic rings. The van der Waals surface area contributed by atoms with Gasteiger partial charge in [0.15, 0.2) is 5.78 Å². The van der Waals surface area contributed by atoms with Crippen LogP contribution in [0.25, 0.3) is 0 Å². The Morgan fingerprint density at radius 1 is 1.19 bits per heavy atom. The molecule has 1 N–H and O–H groups in total. The maximum atomic E-state index is 12.9. The molecule has 1 aromatic carbocycles. The van der Waals surface area contributed by atoms with Gasteiger partial charge in [-0.3, -0.25) is 9.69 Å². The molecule has 0 saturated carbocycles. The molecule has 3 heteroatoms. The van der Waals surface area contributed by atoms with Gasteiger partial charge in [0.05, 0.1) is 0 Å². The van der Waals surface area contributed by atoms with Crippen LogP contribution in [0.5, 0.6) is 0 Å². The van der Waals surface area contributed by atoms with Crippen molar-refractivity contribution in [2.45, 2.75) is 71.3 Å². The fourth-order valence-corrected chi connectivity index (χ4v) is 5.00. The number of nitrogens with one attached hydrogen (secondary N) is 1. The largest absolute Gasteiger partial charge is 0.317 e. The summed E-state index contributed by atoms with van der Waals surface area (Å²) in [6.45, 7) is 11.3. The normalized spacial score (nSPS) is 18.8. The number of hydrogen-bond donors (Lipinski definition) is 1. The first-order chi connectivity index (χ1) is 15.7. The summed E-state index contributed by atoms with van der Waals surface area (Å²) in [4.78, 5) is 15.5. The molecular formula is C29H42N2O. The van der Waals surface area contributed by atoms with Crippen molar-refractivity contribution in [2.24, 2.45) is 5.92 Å². The SMILES string of the molecule is C=C/C=C\C=C(/CC)CN1CCCCc2ccc(C(=O)CCCC3CCNCC3)cc2C1. The number of hydrogen-bond acceptors (Lipinski definition) is 3. The molecule has 0 unspecified atom stereocenters. The lowest BCUT2D eigenvalue weighted by atomic mass is 9.90. The van der Waals surface area contributed by atoms with E-state index in [1.807, 2.05) is 12.2 Å². The van der Waals surface area contributed by atoms with Gasteiger partial charge < -0.3 is 5.32 Å². The Morgan fingerprint density at radius 3 is 2.81 bits per heavy atom. The van der Waals surface area contributed by atoms with Crippen LogP contribution in [0.1, 0.15) is 79.8 Å². The van der Waals surface area contributed by atoms with E-state index in [2.05, 4.69) is 54.1 Å². The average Bonchev–Trinajstić information content (AvgIpc) is 2.80. The third-order valence-electron chi connectivity index (χ3n) is 7.03. The Bertz CT molecular complexity index is 801. The number of nitrogens with zero attached hydrogens (tertiary/aromatic N) is 1. The van der Waals surface area contributed by atoms with E-state index in [4.69, 9.17) is 0 Å². The van der Waals surface area contributed by atoms with Crippen molar-refractivity contribution >= 4 is 5.78 Å². The van der Waals surface area contributed by atoms with E-state index in [-0.39, 0.29) is 0 Å². The number of aryl methyl sites for hydroxylation is 1. The third kappa shape index (κ3) is 7.86. The summed E-state index contributed by atoms with van der Waals surface area (Å²) in [5.41, 5.74) is 5.13. The first-order valence-corrected chi connectivity index (χ1v) is 12.7. The van der Waals surface area contributed by atoms with Crippen LogP contribution in [0.15, 0.2) is 54.7 Å². The number of Topliss-reactive ketones (excluding diaryl/α,β-unsaturated/α-hetero) is 1. The number of carbonyl (C=O) groups is 1. The lowest BCUT2D eigenvalue weighted by molar-refractivity contribution is 0.0976. The van der Waals surface area contributed by atoms with Crippen LogP contribution in [-0.2, 0) is 13.0 Å². The van der Waals surface area contributed by atoms with Crippen LogP contribution in [0.2, 0.25) is 0 Å². The molecule has 174 valence electrons. The molecule has 0 bridgehead atoms. The van der Waals surface area contributed by atoms with Crippen LogP contribution >= 0.6 is 0 Å². The van der Waals surface area contributed by atoms with E-state index in [0.717, 1.165) is 63.5 Å². The molecule has 0 aliphatic carbocycles. The minimum absolute atomic E-state index is 0.319. The standard InChI is InChI=1S/C29H42N2O/c1-3-5-6-10-24(4-2)22-31-20-8-7-12-26-14-15-27(21-28(26)23-31)29(32)13-9-11-25-16-18-30-19-17-25/h3,5-6,10,14-15,21,25,30H,1,4,7-9,11-13,16-20,22-23H2,2H3/b6-5-,24-10+. The molecule has 2 aliphatic heterocycles. The summed E-state index contributed by atoms with van der Waals surface area (Å²) in [7, 11) is 0. The topological polar surface area (TPSA) is 32.3 Å². The number of allylic oxidation sites excluding steroid dienone is 4. The fourth-order valence-electron chi connectivity index (χ4n) is 5.00. The van der Waals surface area contributed by atoms with Gasteiger partial charge in [-0.05, 0) is 94.1 Å². The van der Waals surface area contributed by atoms with Crippen molar-refractivity contribution in [3.8, 4) is 0 Å². The Morgan fingerprint density at radius 2 is 2.03 bits per heavy atom. The minimum Gasteiger partial charge on any atom is -0.317 e. The predicted octanol–water partition coefficient (Wildman–Crippen LogP) is 6.26. The molecule has 0 spiro atoms. The zero-order chi connectivity index (χ0) is 22.6. The lowest BCUT2D eigenvalue weighted by Gasteiger charge is -2.27. The predicted molar refractivity (Wildman–Crippen MR) is 136 cm³/mol. The van der Waals surface area contributed by atoms with Crippen LogP contribution in [-0.4, -0.2) is 36.9 Å². The zero-order valence-corrected chi connectivity index (χ0v) is 20.1. The first kappa shape index (κ1) is 24.7. The molecule has 0 atom stereocenters. The Balaban J connectivity index is 1.62.